The molecule has 0 saturated heterocycles. The average molecular weight is 384 g/mol. The van der Waals surface area contributed by atoms with Crippen molar-refractivity contribution in [2.45, 2.75) is 33.4 Å². The third kappa shape index (κ3) is 4.31. The van der Waals surface area contributed by atoms with Gasteiger partial charge in [-0.3, -0.25) is 4.98 Å². The summed E-state index contributed by atoms with van der Waals surface area (Å²) in [5.41, 5.74) is 4.88. The number of hydrogen-bond donors (Lipinski definition) is 1. The van der Waals surface area contributed by atoms with Gasteiger partial charge in [0.1, 0.15) is 11.6 Å². The average Bonchev–Trinajstić information content (AvgIpc) is 2.66. The van der Waals surface area contributed by atoms with Crippen molar-refractivity contribution >= 4 is 24.2 Å². The Labute approximate surface area is 164 Å². The third-order valence-corrected chi connectivity index (χ3v) is 4.52. The quantitative estimate of drug-likeness (QED) is 0.741. The molecule has 0 spiro atoms. The second kappa shape index (κ2) is 8.26. The number of anilines is 2. The summed E-state index contributed by atoms with van der Waals surface area (Å²) < 4.78 is 0. The normalized spacial score (nSPS) is 12.9. The minimum absolute atomic E-state index is 0. The monoisotopic (exact) mass is 383 g/mol. The van der Waals surface area contributed by atoms with Crippen molar-refractivity contribution in [2.75, 3.05) is 16.8 Å². The predicted octanol–water partition coefficient (Wildman–Crippen LogP) is 2.88. The van der Waals surface area contributed by atoms with E-state index >= 15 is 0 Å². The zero-order chi connectivity index (χ0) is 17.9. The summed E-state index contributed by atoms with van der Waals surface area (Å²) in [4.78, 5) is 24.0. The van der Waals surface area contributed by atoms with Crippen LogP contribution in [0.1, 0.15) is 28.1 Å². The number of rotatable bonds is 4. The molecule has 0 unspecified atom stereocenters. The summed E-state index contributed by atoms with van der Waals surface area (Å²) >= 11 is 0. The molecule has 4 rings (SSSR count). The van der Waals surface area contributed by atoms with Crippen LogP contribution in [-0.4, -0.2) is 31.5 Å². The van der Waals surface area contributed by atoms with Gasteiger partial charge in [0, 0.05) is 50.6 Å². The Morgan fingerprint density at radius 2 is 1.89 bits per heavy atom. The van der Waals surface area contributed by atoms with Crippen LogP contribution in [0.25, 0.3) is 0 Å². The Balaban J connectivity index is 0.00000210. The zero-order valence-electron chi connectivity index (χ0n) is 15.4. The van der Waals surface area contributed by atoms with Crippen molar-refractivity contribution in [1.29, 1.82) is 0 Å². The molecule has 8 heteroatoms. The van der Waals surface area contributed by atoms with Gasteiger partial charge >= 0.3 is 0 Å². The zero-order valence-corrected chi connectivity index (χ0v) is 16.2. The van der Waals surface area contributed by atoms with Gasteiger partial charge in [-0.15, -0.1) is 12.4 Å². The van der Waals surface area contributed by atoms with Gasteiger partial charge in [-0.05, 0) is 48.6 Å². The van der Waals surface area contributed by atoms with Crippen LogP contribution >= 0.6 is 12.4 Å². The van der Waals surface area contributed by atoms with Crippen LogP contribution in [0, 0.1) is 13.8 Å². The lowest BCUT2D eigenvalue weighted by molar-refractivity contribution is 0.696. The van der Waals surface area contributed by atoms with Crippen LogP contribution < -0.4 is 10.2 Å². The minimum atomic E-state index is 0. The van der Waals surface area contributed by atoms with E-state index in [0.717, 1.165) is 42.7 Å². The van der Waals surface area contributed by atoms with Crippen LogP contribution in [0.4, 0.5) is 11.8 Å². The predicted molar refractivity (Wildman–Crippen MR) is 107 cm³/mol. The first-order valence-electron chi connectivity index (χ1n) is 8.71. The Morgan fingerprint density at radius 3 is 2.67 bits per heavy atom. The summed E-state index contributed by atoms with van der Waals surface area (Å²) in [6, 6.07) is 1.88. The lowest BCUT2D eigenvalue weighted by atomic mass is 9.97. The molecule has 0 aliphatic carbocycles. The lowest BCUT2D eigenvalue weighted by Crippen LogP contribution is -2.32. The molecule has 3 aromatic rings. The highest BCUT2D eigenvalue weighted by atomic mass is 35.5. The molecule has 3 aromatic heterocycles. The summed E-state index contributed by atoms with van der Waals surface area (Å²) in [6.07, 6.45) is 10.3. The standard InChI is InChI=1S/C19H21N7.ClH/c1-13-7-23-19(24-8-13)26-6-4-17-15(9-20-10-16(17)12-26)11-22-18-3-5-21-14(2)25-18;/h3,5,7-10H,4,6,11-12H2,1-2H3,(H,21,22,25);1H. The molecule has 0 atom stereocenters. The Hall–Kier alpha value is -2.80. The number of hydrogen-bond acceptors (Lipinski definition) is 7. The topological polar surface area (TPSA) is 79.7 Å². The van der Waals surface area contributed by atoms with E-state index in [2.05, 4.69) is 35.1 Å². The van der Waals surface area contributed by atoms with Crippen LogP contribution in [0.5, 0.6) is 0 Å². The van der Waals surface area contributed by atoms with E-state index in [1.54, 1.807) is 6.20 Å². The summed E-state index contributed by atoms with van der Waals surface area (Å²) in [7, 11) is 0. The Morgan fingerprint density at radius 1 is 1.07 bits per heavy atom. The van der Waals surface area contributed by atoms with Crippen LogP contribution in [0.2, 0.25) is 0 Å². The maximum atomic E-state index is 4.45. The first-order chi connectivity index (χ1) is 12.7. The van der Waals surface area contributed by atoms with Gasteiger partial charge < -0.3 is 10.2 Å². The van der Waals surface area contributed by atoms with Gasteiger partial charge in [0.15, 0.2) is 0 Å². The Bertz CT molecular complexity index is 914. The number of fused-ring (bicyclic) bond motifs is 1. The van der Waals surface area contributed by atoms with Gasteiger partial charge in [0.25, 0.3) is 0 Å². The fraction of sp³-hybridized carbons (Fsp3) is 0.316. The Kier molecular flexibility index (Phi) is 5.81. The fourth-order valence-corrected chi connectivity index (χ4v) is 3.18. The fourth-order valence-electron chi connectivity index (χ4n) is 3.18. The van der Waals surface area contributed by atoms with Crippen LogP contribution in [0.15, 0.2) is 37.1 Å². The van der Waals surface area contributed by atoms with Crippen LogP contribution in [0.3, 0.4) is 0 Å². The third-order valence-electron chi connectivity index (χ3n) is 4.52. The number of aromatic nitrogens is 5. The first-order valence-corrected chi connectivity index (χ1v) is 8.71. The maximum Gasteiger partial charge on any atom is 0.225 e. The smallest absolute Gasteiger partial charge is 0.225 e. The molecule has 0 radical (unpaired) electrons. The molecule has 0 amide bonds. The molecule has 0 saturated carbocycles. The molecule has 0 fully saturated rings. The van der Waals surface area contributed by atoms with E-state index in [1.165, 1.54) is 16.7 Å². The molecule has 7 nitrogen and oxygen atoms in total. The lowest BCUT2D eigenvalue weighted by Gasteiger charge is -2.29. The molecule has 1 N–H and O–H groups in total. The summed E-state index contributed by atoms with van der Waals surface area (Å²) in [5.74, 6) is 2.37. The molecule has 0 bridgehead atoms. The molecule has 0 aromatic carbocycles. The van der Waals surface area contributed by atoms with Crippen molar-refractivity contribution in [1.82, 2.24) is 24.9 Å². The van der Waals surface area contributed by atoms with Crippen molar-refractivity contribution in [2.24, 2.45) is 0 Å². The van der Waals surface area contributed by atoms with Crippen molar-refractivity contribution in [3.8, 4) is 0 Å². The second-order valence-electron chi connectivity index (χ2n) is 6.51. The van der Waals surface area contributed by atoms with E-state index in [0.29, 0.717) is 6.54 Å². The highest BCUT2D eigenvalue weighted by Crippen LogP contribution is 2.24. The minimum Gasteiger partial charge on any atom is -0.366 e. The van der Waals surface area contributed by atoms with Gasteiger partial charge in [0.05, 0.1) is 0 Å². The number of nitrogens with one attached hydrogen (secondary N) is 1. The molecule has 1 aliphatic rings. The number of pyridine rings is 1. The summed E-state index contributed by atoms with van der Waals surface area (Å²) in [5, 5.41) is 3.37. The van der Waals surface area contributed by atoms with E-state index < -0.39 is 0 Å². The van der Waals surface area contributed by atoms with Gasteiger partial charge in [-0.2, -0.15) is 0 Å². The van der Waals surface area contributed by atoms with Crippen molar-refractivity contribution in [3.63, 3.8) is 0 Å². The molecular weight excluding hydrogens is 362 g/mol. The van der Waals surface area contributed by atoms with Crippen molar-refractivity contribution < 1.29 is 0 Å². The number of aryl methyl sites for hydroxylation is 2. The second-order valence-corrected chi connectivity index (χ2v) is 6.51. The SMILES string of the molecule is Cc1cnc(N2CCc3c(CNc4ccnc(C)n4)cncc3C2)nc1.Cl. The largest absolute Gasteiger partial charge is 0.366 e. The van der Waals surface area contributed by atoms with Gasteiger partial charge in [-0.25, -0.2) is 19.9 Å². The maximum absolute atomic E-state index is 4.45. The number of nitrogens with zero attached hydrogens (tertiary/aromatic N) is 6. The summed E-state index contributed by atoms with van der Waals surface area (Å²) in [6.45, 7) is 6.27. The van der Waals surface area contributed by atoms with E-state index in [-0.39, 0.29) is 12.4 Å². The van der Waals surface area contributed by atoms with Crippen LogP contribution in [-0.2, 0) is 19.5 Å². The van der Waals surface area contributed by atoms with Gasteiger partial charge in [-0.1, -0.05) is 0 Å². The van der Waals surface area contributed by atoms with E-state index in [4.69, 9.17) is 0 Å². The molecule has 27 heavy (non-hydrogen) atoms. The highest BCUT2D eigenvalue weighted by Gasteiger charge is 2.21. The first kappa shape index (κ1) is 19.0. The molecule has 1 aliphatic heterocycles. The van der Waals surface area contributed by atoms with Crippen molar-refractivity contribution in [3.05, 3.63) is 65.1 Å². The van der Waals surface area contributed by atoms with Gasteiger partial charge in [0.2, 0.25) is 5.95 Å². The number of halogens is 1. The van der Waals surface area contributed by atoms with E-state index in [9.17, 15) is 0 Å². The highest BCUT2D eigenvalue weighted by molar-refractivity contribution is 5.85. The molecular formula is C19H22ClN7. The molecule has 4 heterocycles. The molecule has 140 valence electrons. The van der Waals surface area contributed by atoms with E-state index in [1.807, 2.05) is 44.7 Å².